The molecule has 3 aliphatic carbocycles. The van der Waals surface area contributed by atoms with Gasteiger partial charge in [0.25, 0.3) is 0 Å². The third-order valence-electron chi connectivity index (χ3n) is 11.5. The van der Waals surface area contributed by atoms with Crippen molar-refractivity contribution in [2.45, 2.75) is 104 Å². The molecule has 2 bridgehead atoms. The second-order valence-corrected chi connectivity index (χ2v) is 16.1. The van der Waals surface area contributed by atoms with Crippen molar-refractivity contribution in [3.05, 3.63) is 84.5 Å². The van der Waals surface area contributed by atoms with E-state index in [-0.39, 0.29) is 30.1 Å². The molecule has 4 aliphatic rings. The van der Waals surface area contributed by atoms with Gasteiger partial charge in [0.1, 0.15) is 23.2 Å². The van der Waals surface area contributed by atoms with Crippen molar-refractivity contribution < 1.29 is 57.1 Å². The Hall–Kier alpha value is -4.95. The minimum Gasteiger partial charge on any atom is -0.461 e. The summed E-state index contributed by atoms with van der Waals surface area (Å²) >= 11 is 0. The average molecular weight is 775 g/mol. The van der Waals surface area contributed by atoms with Crippen molar-refractivity contribution in [3.63, 3.8) is 0 Å². The molecule has 12 atom stereocenters. The number of allylic oxidation sites excluding steroid dienone is 2. The predicted octanol–water partition coefficient (Wildman–Crippen LogP) is 5.21. The van der Waals surface area contributed by atoms with E-state index in [0.29, 0.717) is 5.57 Å². The molecule has 56 heavy (non-hydrogen) atoms. The highest BCUT2D eigenvalue weighted by Crippen LogP contribution is 2.70. The zero-order valence-electron chi connectivity index (χ0n) is 33.0. The lowest BCUT2D eigenvalue weighted by Crippen LogP contribution is -2.66. The van der Waals surface area contributed by atoms with Gasteiger partial charge in [0.2, 0.25) is 6.29 Å². The number of ether oxygens (including phenoxy) is 7. The summed E-state index contributed by atoms with van der Waals surface area (Å²) in [5, 5.41) is 0. The molecule has 2 aromatic heterocycles. The van der Waals surface area contributed by atoms with Crippen molar-refractivity contribution in [1.82, 2.24) is 9.97 Å². The van der Waals surface area contributed by atoms with Crippen LogP contribution in [-0.2, 0) is 47.5 Å². The maximum atomic E-state index is 14.3. The van der Waals surface area contributed by atoms with Gasteiger partial charge in [-0.25, -0.2) is 9.59 Å². The van der Waals surface area contributed by atoms with Crippen molar-refractivity contribution >= 4 is 29.8 Å². The van der Waals surface area contributed by atoms with E-state index in [0.717, 1.165) is 0 Å². The van der Waals surface area contributed by atoms with E-state index in [4.69, 9.17) is 33.2 Å². The first-order valence-electron chi connectivity index (χ1n) is 18.9. The highest BCUT2D eigenvalue weighted by atomic mass is 16.7. The normalized spacial score (nSPS) is 35.3. The number of aromatic nitrogens is 2. The molecule has 0 spiro atoms. The van der Waals surface area contributed by atoms with Gasteiger partial charge in [-0.05, 0) is 56.4 Å². The summed E-state index contributed by atoms with van der Waals surface area (Å²) in [6.45, 7) is 17.5. The predicted molar refractivity (Wildman–Crippen MR) is 197 cm³/mol. The Morgan fingerprint density at radius 3 is 2.00 bits per heavy atom. The summed E-state index contributed by atoms with van der Waals surface area (Å²) < 4.78 is 45.9. The topological polar surface area (TPSA) is 176 Å². The van der Waals surface area contributed by atoms with Gasteiger partial charge in [-0.1, -0.05) is 45.1 Å². The third-order valence-corrected chi connectivity index (χ3v) is 11.5. The Balaban J connectivity index is 1.72. The zero-order chi connectivity index (χ0) is 40.7. The molecule has 2 aromatic rings. The number of nitrogens with zero attached hydrogens (tertiary/aromatic N) is 2. The number of carbonyl (C=O) groups excluding carboxylic acids is 5. The number of esters is 5. The maximum absolute atomic E-state index is 14.3. The molecule has 0 aromatic carbocycles. The molecule has 0 N–H and O–H groups in total. The Bertz CT molecular complexity index is 1890. The molecule has 300 valence electrons. The Morgan fingerprint density at radius 1 is 0.875 bits per heavy atom. The molecule has 1 saturated heterocycles. The molecule has 1 aliphatic heterocycles. The molecule has 3 fully saturated rings. The van der Waals surface area contributed by atoms with Gasteiger partial charge in [0.05, 0.1) is 23.1 Å². The van der Waals surface area contributed by atoms with Crippen LogP contribution in [-0.4, -0.2) is 88.3 Å². The van der Waals surface area contributed by atoms with Crippen molar-refractivity contribution in [2.24, 2.45) is 35.0 Å². The van der Waals surface area contributed by atoms with Crippen molar-refractivity contribution in [3.8, 4) is 0 Å². The summed E-state index contributed by atoms with van der Waals surface area (Å²) in [6, 6.07) is 6.24. The van der Waals surface area contributed by atoms with Gasteiger partial charge >= 0.3 is 29.8 Å². The summed E-state index contributed by atoms with van der Waals surface area (Å²) in [6.07, 6.45) is 2.86. The number of fused-ring (bicyclic) bond motifs is 1. The molecule has 0 radical (unpaired) electrons. The van der Waals surface area contributed by atoms with E-state index in [1.807, 2.05) is 32.9 Å². The van der Waals surface area contributed by atoms with E-state index >= 15 is 0 Å². The van der Waals surface area contributed by atoms with Crippen LogP contribution < -0.4 is 0 Å². The van der Waals surface area contributed by atoms with Crippen molar-refractivity contribution in [2.75, 3.05) is 6.61 Å². The minimum atomic E-state index is -1.88. The van der Waals surface area contributed by atoms with E-state index in [1.165, 1.54) is 51.6 Å². The molecular formula is C42H50N2O12. The van der Waals surface area contributed by atoms with Crippen LogP contribution in [0.1, 0.15) is 82.5 Å². The third kappa shape index (κ3) is 6.91. The molecule has 14 heteroatoms. The lowest BCUT2D eigenvalue weighted by Gasteiger charge is -2.53. The van der Waals surface area contributed by atoms with Gasteiger partial charge < -0.3 is 33.2 Å². The second kappa shape index (κ2) is 15.5. The van der Waals surface area contributed by atoms with Gasteiger partial charge in [-0.2, -0.15) is 0 Å². The smallest absolute Gasteiger partial charge is 0.340 e. The SMILES string of the molecule is C=C(C)[C@H]1C=C[C@@H](OCC(C)C)[C@@]23[C@H](OC(C)=O)O[C@@](C)([C@@H](OC(=O)c4cccnc4)[C@@]4(OC(C)=O)C[C@H](C)[C@H](OC(=O)c5cccnc5)[C@@H]4[C@H]2OC(C)=O)[C@H]13. The molecule has 0 amide bonds. The second-order valence-electron chi connectivity index (χ2n) is 16.1. The number of pyridine rings is 2. The lowest BCUT2D eigenvalue weighted by atomic mass is 9.54. The van der Waals surface area contributed by atoms with Gasteiger partial charge in [-0.15, -0.1) is 0 Å². The average Bonchev–Trinajstić information content (AvgIpc) is 3.53. The Labute approximate surface area is 326 Å². The minimum absolute atomic E-state index is 0.0314. The standard InChI is InChI=1S/C42H50N2O12/c1-22(2)21-50-31-15-14-30(23(3)4)34-40(9)38(54-37(49)29-13-11-17-44-20-29)41(55-27(8)47)18-24(5)33(53-36(48)28-12-10-16-43-19-28)32(41)35(51-25(6)45)42(31,34)39(56-40)52-26(7)46/h10-17,19-20,22,24,30-35,38-39H,3,18,21H2,1-2,4-9H3/t24-,30+,31+,32+,33-,34-,35+,38+,39+,40+,41+,42-/m0/s1. The van der Waals surface area contributed by atoms with Crippen LogP contribution in [0.4, 0.5) is 0 Å². The molecule has 0 unspecified atom stereocenters. The van der Waals surface area contributed by atoms with Crippen LogP contribution in [0.5, 0.6) is 0 Å². The van der Waals surface area contributed by atoms with E-state index < -0.39 is 101 Å². The number of rotatable bonds is 11. The van der Waals surface area contributed by atoms with Crippen LogP contribution in [0.2, 0.25) is 0 Å². The number of hydrogen-bond donors (Lipinski definition) is 0. The lowest BCUT2D eigenvalue weighted by molar-refractivity contribution is -0.288. The highest BCUT2D eigenvalue weighted by molar-refractivity contribution is 5.90. The van der Waals surface area contributed by atoms with Gasteiger partial charge in [-0.3, -0.25) is 24.4 Å². The summed E-state index contributed by atoms with van der Waals surface area (Å²) in [5.41, 5.74) is -4.32. The van der Waals surface area contributed by atoms with Crippen LogP contribution >= 0.6 is 0 Å². The number of hydrogen-bond acceptors (Lipinski definition) is 14. The molecule has 6 rings (SSSR count). The molecular weight excluding hydrogens is 724 g/mol. The van der Waals surface area contributed by atoms with E-state index in [9.17, 15) is 24.0 Å². The molecule has 3 heterocycles. The summed E-state index contributed by atoms with van der Waals surface area (Å²) in [5.74, 6) is -7.05. The highest BCUT2D eigenvalue weighted by Gasteiger charge is 2.85. The van der Waals surface area contributed by atoms with Crippen LogP contribution in [0.25, 0.3) is 0 Å². The van der Waals surface area contributed by atoms with Crippen LogP contribution in [0.15, 0.2) is 73.4 Å². The first kappa shape index (κ1) is 40.7. The van der Waals surface area contributed by atoms with Crippen LogP contribution in [0, 0.1) is 35.0 Å². The fourth-order valence-corrected chi connectivity index (χ4v) is 9.86. The number of carbonyl (C=O) groups is 5. The van der Waals surface area contributed by atoms with Crippen molar-refractivity contribution in [1.29, 1.82) is 0 Å². The molecule has 2 saturated carbocycles. The Morgan fingerprint density at radius 2 is 1.48 bits per heavy atom. The molecule has 14 nitrogen and oxygen atoms in total. The monoisotopic (exact) mass is 774 g/mol. The zero-order valence-corrected chi connectivity index (χ0v) is 33.0. The fraction of sp³-hybridized carbons (Fsp3) is 0.548. The van der Waals surface area contributed by atoms with Gasteiger partial charge in [0, 0.05) is 64.0 Å². The summed E-state index contributed by atoms with van der Waals surface area (Å²) in [7, 11) is 0. The van der Waals surface area contributed by atoms with Gasteiger partial charge in [0.15, 0.2) is 11.7 Å². The van der Waals surface area contributed by atoms with Crippen LogP contribution in [0.3, 0.4) is 0 Å². The quantitative estimate of drug-likeness (QED) is 0.165. The first-order chi connectivity index (χ1) is 26.5. The maximum Gasteiger partial charge on any atom is 0.340 e. The Kier molecular flexibility index (Phi) is 11.3. The largest absolute Gasteiger partial charge is 0.461 e. The first-order valence-corrected chi connectivity index (χ1v) is 18.9. The van der Waals surface area contributed by atoms with E-state index in [1.54, 1.807) is 32.0 Å². The fourth-order valence-electron chi connectivity index (χ4n) is 9.86. The summed E-state index contributed by atoms with van der Waals surface area (Å²) in [4.78, 5) is 76.8. The van der Waals surface area contributed by atoms with E-state index in [2.05, 4.69) is 16.5 Å².